The van der Waals surface area contributed by atoms with E-state index >= 15 is 0 Å². The zero-order valence-electron chi connectivity index (χ0n) is 9.56. The SMILES string of the molecule is CC1(NC(=O)c2csc(CN)n2)CCOC1.Cl. The number of nitrogens with zero attached hydrogens (tertiary/aromatic N) is 1. The molecule has 1 fully saturated rings. The summed E-state index contributed by atoms with van der Waals surface area (Å²) in [6.45, 7) is 3.61. The molecule has 2 heterocycles. The average Bonchev–Trinajstić information content (AvgIpc) is 2.86. The highest BCUT2D eigenvalue weighted by atomic mass is 35.5. The van der Waals surface area contributed by atoms with Gasteiger partial charge in [0.05, 0.1) is 12.1 Å². The maximum atomic E-state index is 11.9. The lowest BCUT2D eigenvalue weighted by Crippen LogP contribution is -2.46. The number of nitrogens with one attached hydrogen (secondary N) is 1. The van der Waals surface area contributed by atoms with E-state index in [0.717, 1.165) is 11.4 Å². The van der Waals surface area contributed by atoms with Gasteiger partial charge in [-0.3, -0.25) is 4.79 Å². The van der Waals surface area contributed by atoms with Crippen molar-refractivity contribution >= 4 is 29.7 Å². The fourth-order valence-electron chi connectivity index (χ4n) is 1.61. The molecule has 17 heavy (non-hydrogen) atoms. The summed E-state index contributed by atoms with van der Waals surface area (Å²) in [4.78, 5) is 16.0. The normalized spacial score (nSPS) is 23.2. The third kappa shape index (κ3) is 3.38. The maximum absolute atomic E-state index is 11.9. The van der Waals surface area contributed by atoms with E-state index in [9.17, 15) is 4.79 Å². The maximum Gasteiger partial charge on any atom is 0.271 e. The predicted octanol–water partition coefficient (Wildman–Crippen LogP) is 0.932. The third-order valence-electron chi connectivity index (χ3n) is 2.59. The van der Waals surface area contributed by atoms with E-state index in [2.05, 4.69) is 10.3 Å². The Morgan fingerprint density at radius 2 is 2.53 bits per heavy atom. The minimum atomic E-state index is -0.260. The molecule has 0 spiro atoms. The Hall–Kier alpha value is -0.690. The van der Waals surface area contributed by atoms with Crippen LogP contribution in [0.2, 0.25) is 0 Å². The van der Waals surface area contributed by atoms with Crippen molar-refractivity contribution in [3.05, 3.63) is 16.1 Å². The first-order valence-corrected chi connectivity index (χ1v) is 6.06. The van der Waals surface area contributed by atoms with E-state index in [0.29, 0.717) is 25.5 Å². The van der Waals surface area contributed by atoms with Crippen molar-refractivity contribution in [1.82, 2.24) is 10.3 Å². The van der Waals surface area contributed by atoms with Crippen molar-refractivity contribution < 1.29 is 9.53 Å². The molecule has 7 heteroatoms. The summed E-state index contributed by atoms with van der Waals surface area (Å²) >= 11 is 1.41. The molecule has 96 valence electrons. The summed E-state index contributed by atoms with van der Waals surface area (Å²) in [5, 5.41) is 5.46. The lowest BCUT2D eigenvalue weighted by Gasteiger charge is -2.22. The van der Waals surface area contributed by atoms with E-state index in [4.69, 9.17) is 10.5 Å². The van der Waals surface area contributed by atoms with Gasteiger partial charge in [0.15, 0.2) is 0 Å². The van der Waals surface area contributed by atoms with Crippen LogP contribution >= 0.6 is 23.7 Å². The quantitative estimate of drug-likeness (QED) is 0.862. The van der Waals surface area contributed by atoms with E-state index in [1.54, 1.807) is 5.38 Å². The lowest BCUT2D eigenvalue weighted by atomic mass is 10.0. The molecule has 0 radical (unpaired) electrons. The Bertz CT molecular complexity index is 391. The molecule has 1 aliphatic heterocycles. The molecule has 1 saturated heterocycles. The highest BCUT2D eigenvalue weighted by Crippen LogP contribution is 2.18. The molecule has 5 nitrogen and oxygen atoms in total. The van der Waals surface area contributed by atoms with Gasteiger partial charge >= 0.3 is 0 Å². The zero-order valence-corrected chi connectivity index (χ0v) is 11.2. The van der Waals surface area contributed by atoms with Crippen LogP contribution in [0.4, 0.5) is 0 Å². The second kappa shape index (κ2) is 5.77. The third-order valence-corrected chi connectivity index (χ3v) is 3.46. The molecule has 1 aromatic heterocycles. The summed E-state index contributed by atoms with van der Waals surface area (Å²) in [6.07, 6.45) is 0.840. The van der Waals surface area contributed by atoms with Crippen molar-refractivity contribution in [3.8, 4) is 0 Å². The number of aromatic nitrogens is 1. The van der Waals surface area contributed by atoms with Crippen LogP contribution in [-0.2, 0) is 11.3 Å². The standard InChI is InChI=1S/C10H15N3O2S.ClH/c1-10(2-3-15-6-10)13-9(14)7-5-16-8(4-11)12-7;/h5H,2-4,6,11H2,1H3,(H,13,14);1H. The summed E-state index contributed by atoms with van der Waals surface area (Å²) < 4.78 is 5.27. The molecule has 2 rings (SSSR count). The molecule has 0 aliphatic carbocycles. The fourth-order valence-corrected chi connectivity index (χ4v) is 2.27. The Kier molecular flexibility index (Phi) is 4.88. The van der Waals surface area contributed by atoms with Crippen LogP contribution in [0.3, 0.4) is 0 Å². The van der Waals surface area contributed by atoms with Crippen LogP contribution in [0.5, 0.6) is 0 Å². The molecular weight excluding hydrogens is 262 g/mol. The van der Waals surface area contributed by atoms with Crippen LogP contribution in [0.1, 0.15) is 28.8 Å². The van der Waals surface area contributed by atoms with Crippen LogP contribution in [0.25, 0.3) is 0 Å². The topological polar surface area (TPSA) is 77.2 Å². The number of hydrogen-bond acceptors (Lipinski definition) is 5. The molecule has 3 N–H and O–H groups in total. The Morgan fingerprint density at radius 1 is 1.76 bits per heavy atom. The van der Waals surface area contributed by atoms with Crippen molar-refractivity contribution in [2.75, 3.05) is 13.2 Å². The first-order chi connectivity index (χ1) is 7.63. The van der Waals surface area contributed by atoms with E-state index in [1.807, 2.05) is 6.92 Å². The van der Waals surface area contributed by atoms with Crippen molar-refractivity contribution in [1.29, 1.82) is 0 Å². The largest absolute Gasteiger partial charge is 0.379 e. The molecule has 0 aromatic carbocycles. The predicted molar refractivity (Wildman–Crippen MR) is 68.6 cm³/mol. The van der Waals surface area contributed by atoms with Gasteiger partial charge in [-0.05, 0) is 13.3 Å². The van der Waals surface area contributed by atoms with Gasteiger partial charge in [0.1, 0.15) is 10.7 Å². The lowest BCUT2D eigenvalue weighted by molar-refractivity contribution is 0.0885. The molecule has 1 aliphatic rings. The number of carbonyl (C=O) groups excluding carboxylic acids is 1. The highest BCUT2D eigenvalue weighted by Gasteiger charge is 2.31. The Labute approximate surface area is 110 Å². The fraction of sp³-hybridized carbons (Fsp3) is 0.600. The summed E-state index contributed by atoms with van der Waals surface area (Å²) in [5.74, 6) is -0.149. The number of thiazole rings is 1. The Morgan fingerprint density at radius 3 is 3.06 bits per heavy atom. The van der Waals surface area contributed by atoms with Crippen molar-refractivity contribution in [2.45, 2.75) is 25.4 Å². The number of nitrogens with two attached hydrogens (primary N) is 1. The van der Waals surface area contributed by atoms with Crippen LogP contribution in [-0.4, -0.2) is 29.6 Å². The Balaban J connectivity index is 0.00000144. The second-order valence-electron chi connectivity index (χ2n) is 4.15. The van der Waals surface area contributed by atoms with Gasteiger partial charge in [0.25, 0.3) is 5.91 Å². The minimum Gasteiger partial charge on any atom is -0.379 e. The summed E-state index contributed by atoms with van der Waals surface area (Å²) in [5.41, 5.74) is 5.63. The van der Waals surface area contributed by atoms with Crippen LogP contribution in [0.15, 0.2) is 5.38 Å². The number of carbonyl (C=O) groups is 1. The van der Waals surface area contributed by atoms with Gasteiger partial charge in [-0.15, -0.1) is 23.7 Å². The number of hydrogen-bond donors (Lipinski definition) is 2. The number of amides is 1. The number of halogens is 1. The van der Waals surface area contributed by atoms with Crippen LogP contribution in [0, 0.1) is 0 Å². The molecular formula is C10H16ClN3O2S. The second-order valence-corrected chi connectivity index (χ2v) is 5.09. The number of rotatable bonds is 3. The van der Waals surface area contributed by atoms with Gasteiger partial charge in [-0.2, -0.15) is 0 Å². The van der Waals surface area contributed by atoms with Crippen molar-refractivity contribution in [3.63, 3.8) is 0 Å². The van der Waals surface area contributed by atoms with Crippen molar-refractivity contribution in [2.24, 2.45) is 5.73 Å². The molecule has 1 aromatic rings. The van der Waals surface area contributed by atoms with Gasteiger partial charge in [0.2, 0.25) is 0 Å². The highest BCUT2D eigenvalue weighted by molar-refractivity contribution is 7.09. The minimum absolute atomic E-state index is 0. The van der Waals surface area contributed by atoms with E-state index in [-0.39, 0.29) is 23.9 Å². The molecule has 1 unspecified atom stereocenters. The summed E-state index contributed by atoms with van der Waals surface area (Å²) in [7, 11) is 0. The van der Waals surface area contributed by atoms with Gasteiger partial charge in [0, 0.05) is 18.5 Å². The van der Waals surface area contributed by atoms with Gasteiger partial charge in [-0.25, -0.2) is 4.98 Å². The zero-order chi connectivity index (χ0) is 11.6. The molecule has 0 bridgehead atoms. The summed E-state index contributed by atoms with van der Waals surface area (Å²) in [6, 6.07) is 0. The average molecular weight is 278 g/mol. The molecule has 0 saturated carbocycles. The van der Waals surface area contributed by atoms with E-state index < -0.39 is 0 Å². The first-order valence-electron chi connectivity index (χ1n) is 5.18. The monoisotopic (exact) mass is 277 g/mol. The smallest absolute Gasteiger partial charge is 0.271 e. The van der Waals surface area contributed by atoms with Gasteiger partial charge < -0.3 is 15.8 Å². The van der Waals surface area contributed by atoms with E-state index in [1.165, 1.54) is 11.3 Å². The van der Waals surface area contributed by atoms with Crippen LogP contribution < -0.4 is 11.1 Å². The molecule has 1 amide bonds. The van der Waals surface area contributed by atoms with Gasteiger partial charge in [-0.1, -0.05) is 0 Å². The molecule has 1 atom stereocenters. The number of ether oxygens (including phenoxy) is 1. The first kappa shape index (κ1) is 14.4.